The Morgan fingerprint density at radius 3 is 3.17 bits per heavy atom. The summed E-state index contributed by atoms with van der Waals surface area (Å²) in [5.74, 6) is 0.101. The number of aromatic nitrogens is 4. The number of nitrogens with zero attached hydrogens (tertiary/aromatic N) is 3. The molecule has 8 heteroatoms. The van der Waals surface area contributed by atoms with Crippen LogP contribution in [0.15, 0.2) is 22.2 Å². The van der Waals surface area contributed by atoms with E-state index < -0.39 is 0 Å². The van der Waals surface area contributed by atoms with Crippen LogP contribution in [0.25, 0.3) is 5.65 Å². The summed E-state index contributed by atoms with van der Waals surface area (Å²) in [5.41, 5.74) is 0.181. The molecular formula is C10H12N4O3S. The number of H-pyrrole nitrogens is 1. The topological polar surface area (TPSA) is 89.3 Å². The minimum Gasteiger partial charge on any atom is -0.469 e. The summed E-state index contributed by atoms with van der Waals surface area (Å²) in [5, 5.41) is 6.87. The maximum atomic E-state index is 11.2. The molecule has 0 aliphatic heterocycles. The van der Waals surface area contributed by atoms with E-state index in [1.54, 1.807) is 13.0 Å². The lowest BCUT2D eigenvalue weighted by Gasteiger charge is -2.07. The third-order valence-corrected chi connectivity index (χ3v) is 3.56. The number of fused-ring (bicyclic) bond motifs is 1. The van der Waals surface area contributed by atoms with Crippen molar-refractivity contribution in [3.63, 3.8) is 0 Å². The highest BCUT2D eigenvalue weighted by molar-refractivity contribution is 7.99. The molecular weight excluding hydrogens is 256 g/mol. The molecule has 1 unspecified atom stereocenters. The van der Waals surface area contributed by atoms with Crippen molar-refractivity contribution in [3.05, 3.63) is 22.9 Å². The second-order valence-corrected chi connectivity index (χ2v) is 4.76. The fourth-order valence-electron chi connectivity index (χ4n) is 1.35. The Hall–Kier alpha value is -1.83. The van der Waals surface area contributed by atoms with Gasteiger partial charge < -0.3 is 4.74 Å². The van der Waals surface area contributed by atoms with E-state index in [9.17, 15) is 9.59 Å². The number of carbonyl (C=O) groups is 1. The summed E-state index contributed by atoms with van der Waals surface area (Å²) < 4.78 is 5.95. The fourth-order valence-corrected chi connectivity index (χ4v) is 2.22. The van der Waals surface area contributed by atoms with E-state index in [1.165, 1.54) is 29.6 Å². The third kappa shape index (κ3) is 2.53. The predicted molar refractivity (Wildman–Crippen MR) is 65.5 cm³/mol. The predicted octanol–water partition coefficient (Wildman–Crippen LogP) is 0.319. The zero-order valence-electron chi connectivity index (χ0n) is 9.91. The van der Waals surface area contributed by atoms with Crippen LogP contribution in [0.4, 0.5) is 0 Å². The van der Waals surface area contributed by atoms with E-state index in [1.807, 2.05) is 0 Å². The minimum atomic E-state index is -0.322. The fraction of sp³-hybridized carbons (Fsp3) is 0.400. The van der Waals surface area contributed by atoms with Gasteiger partial charge in [-0.1, -0.05) is 6.92 Å². The molecule has 2 aromatic heterocycles. The van der Waals surface area contributed by atoms with Crippen LogP contribution >= 0.6 is 11.8 Å². The standard InChI is InChI=1S/C10H12N4O3S/c1-6(9(15)17-2)4-18-8-3-7-12-13-10(16)14(7)5-11-8/h3,5-6H,4H2,1-2H3,(H,13,16). The third-order valence-electron chi connectivity index (χ3n) is 2.37. The van der Waals surface area contributed by atoms with Gasteiger partial charge in [0.15, 0.2) is 5.65 Å². The first-order valence-electron chi connectivity index (χ1n) is 5.25. The van der Waals surface area contributed by atoms with Crippen LogP contribution in [-0.4, -0.2) is 38.4 Å². The van der Waals surface area contributed by atoms with Gasteiger partial charge in [0, 0.05) is 11.8 Å². The summed E-state index contributed by atoms with van der Waals surface area (Å²) in [6.07, 6.45) is 1.41. The number of ether oxygens (including phenoxy) is 1. The van der Waals surface area contributed by atoms with E-state index in [0.717, 1.165) is 0 Å². The molecule has 2 heterocycles. The van der Waals surface area contributed by atoms with Crippen LogP contribution in [0.2, 0.25) is 0 Å². The monoisotopic (exact) mass is 268 g/mol. The van der Waals surface area contributed by atoms with Gasteiger partial charge in [-0.15, -0.1) is 11.8 Å². The molecule has 1 N–H and O–H groups in total. The van der Waals surface area contributed by atoms with Gasteiger partial charge in [0.25, 0.3) is 0 Å². The SMILES string of the molecule is COC(=O)C(C)CSc1cc2n[nH]c(=O)n2cn1. The van der Waals surface area contributed by atoms with E-state index in [-0.39, 0.29) is 17.6 Å². The highest BCUT2D eigenvalue weighted by atomic mass is 32.2. The Balaban J connectivity index is 2.08. The van der Waals surface area contributed by atoms with Gasteiger partial charge in [-0.2, -0.15) is 5.10 Å². The number of esters is 1. The highest BCUT2D eigenvalue weighted by Crippen LogP contribution is 2.19. The van der Waals surface area contributed by atoms with Crippen molar-refractivity contribution >= 4 is 23.4 Å². The van der Waals surface area contributed by atoms with Crippen molar-refractivity contribution in [2.75, 3.05) is 12.9 Å². The van der Waals surface area contributed by atoms with Crippen molar-refractivity contribution < 1.29 is 9.53 Å². The summed E-state index contributed by atoms with van der Waals surface area (Å²) in [6, 6.07) is 1.69. The van der Waals surface area contributed by atoms with Gasteiger partial charge in [0.2, 0.25) is 0 Å². The molecule has 0 spiro atoms. The normalized spacial score (nSPS) is 12.6. The lowest BCUT2D eigenvalue weighted by molar-refractivity contribution is -0.143. The first-order chi connectivity index (χ1) is 8.61. The maximum Gasteiger partial charge on any atom is 0.348 e. The van der Waals surface area contributed by atoms with Gasteiger partial charge in [-0.3, -0.25) is 4.79 Å². The Bertz CT molecular complexity index is 621. The van der Waals surface area contributed by atoms with Crippen molar-refractivity contribution in [1.29, 1.82) is 0 Å². The lowest BCUT2D eigenvalue weighted by Crippen LogP contribution is -2.15. The number of carbonyl (C=O) groups excluding carboxylic acids is 1. The molecule has 0 aliphatic carbocycles. The van der Waals surface area contributed by atoms with Gasteiger partial charge in [0.05, 0.1) is 13.0 Å². The van der Waals surface area contributed by atoms with Crippen LogP contribution in [0.1, 0.15) is 6.92 Å². The van der Waals surface area contributed by atoms with Gasteiger partial charge in [-0.25, -0.2) is 19.3 Å². The van der Waals surface area contributed by atoms with Gasteiger partial charge in [0.1, 0.15) is 11.4 Å². The Morgan fingerprint density at radius 2 is 2.44 bits per heavy atom. The first-order valence-corrected chi connectivity index (χ1v) is 6.24. The number of hydrogen-bond acceptors (Lipinski definition) is 6. The molecule has 0 bridgehead atoms. The zero-order valence-corrected chi connectivity index (χ0v) is 10.7. The van der Waals surface area contributed by atoms with E-state index >= 15 is 0 Å². The Labute approximate surface area is 107 Å². The first kappa shape index (κ1) is 12.6. The van der Waals surface area contributed by atoms with E-state index in [2.05, 4.69) is 19.9 Å². The molecule has 0 fully saturated rings. The molecule has 0 aromatic carbocycles. The van der Waals surface area contributed by atoms with Crippen LogP contribution < -0.4 is 5.69 Å². The lowest BCUT2D eigenvalue weighted by atomic mass is 10.2. The van der Waals surface area contributed by atoms with Crippen LogP contribution in [0.3, 0.4) is 0 Å². The van der Waals surface area contributed by atoms with Gasteiger partial charge >= 0.3 is 11.7 Å². The van der Waals surface area contributed by atoms with Crippen molar-refractivity contribution in [2.24, 2.45) is 5.92 Å². The zero-order chi connectivity index (χ0) is 13.1. The second kappa shape index (κ2) is 5.21. The van der Waals surface area contributed by atoms with Crippen molar-refractivity contribution in [3.8, 4) is 0 Å². The second-order valence-electron chi connectivity index (χ2n) is 3.72. The highest BCUT2D eigenvalue weighted by Gasteiger charge is 2.14. The average molecular weight is 268 g/mol. The number of aromatic amines is 1. The summed E-state index contributed by atoms with van der Waals surface area (Å²) >= 11 is 1.42. The number of rotatable bonds is 4. The van der Waals surface area contributed by atoms with Gasteiger partial charge in [-0.05, 0) is 0 Å². The number of hydrogen-bond donors (Lipinski definition) is 1. The average Bonchev–Trinajstić information content (AvgIpc) is 2.76. The molecule has 96 valence electrons. The molecule has 7 nitrogen and oxygen atoms in total. The molecule has 2 rings (SSSR count). The molecule has 0 saturated heterocycles. The van der Waals surface area contributed by atoms with Crippen LogP contribution in [0, 0.1) is 5.92 Å². The van der Waals surface area contributed by atoms with Crippen LogP contribution in [0.5, 0.6) is 0 Å². The summed E-state index contributed by atoms with van der Waals surface area (Å²) in [6.45, 7) is 1.79. The molecule has 18 heavy (non-hydrogen) atoms. The van der Waals surface area contributed by atoms with Crippen LogP contribution in [-0.2, 0) is 9.53 Å². The van der Waals surface area contributed by atoms with E-state index in [4.69, 9.17) is 0 Å². The molecule has 1 atom stereocenters. The Kier molecular flexibility index (Phi) is 3.66. The number of nitrogens with one attached hydrogen (secondary N) is 1. The molecule has 2 aromatic rings. The summed E-state index contributed by atoms with van der Waals surface area (Å²) in [7, 11) is 1.37. The smallest absolute Gasteiger partial charge is 0.348 e. The Morgan fingerprint density at radius 1 is 1.67 bits per heavy atom. The van der Waals surface area contributed by atoms with Crippen molar-refractivity contribution in [1.82, 2.24) is 19.6 Å². The quantitative estimate of drug-likeness (QED) is 0.488. The largest absolute Gasteiger partial charge is 0.469 e. The minimum absolute atomic E-state index is 0.209. The van der Waals surface area contributed by atoms with Crippen molar-refractivity contribution in [2.45, 2.75) is 11.9 Å². The molecule has 0 amide bonds. The summed E-state index contributed by atoms with van der Waals surface area (Å²) in [4.78, 5) is 26.6. The number of methoxy groups -OCH3 is 1. The molecule has 0 saturated carbocycles. The van der Waals surface area contributed by atoms with E-state index in [0.29, 0.717) is 16.4 Å². The maximum absolute atomic E-state index is 11.2. The molecule has 0 radical (unpaired) electrons. The number of thioether (sulfide) groups is 1. The molecule has 0 aliphatic rings.